The van der Waals surface area contributed by atoms with Gasteiger partial charge < -0.3 is 9.64 Å². The van der Waals surface area contributed by atoms with Crippen LogP contribution in [0.25, 0.3) is 0 Å². The molecule has 0 bridgehead atoms. The standard InChI is InChI=1S/C16H23F2NO2/c1-11(2)8-19(9-12(3)4)16(20)10-21-13-5-6-14(17)15(18)7-13/h5-7,11-12H,8-10H2,1-4H3. The normalized spacial score (nSPS) is 11.0. The number of hydrogen-bond donors (Lipinski definition) is 0. The fraction of sp³-hybridized carbons (Fsp3) is 0.562. The van der Waals surface area contributed by atoms with Crippen LogP contribution in [-0.4, -0.2) is 30.5 Å². The first kappa shape index (κ1) is 17.4. The Balaban J connectivity index is 2.61. The van der Waals surface area contributed by atoms with Gasteiger partial charge in [-0.25, -0.2) is 8.78 Å². The van der Waals surface area contributed by atoms with E-state index < -0.39 is 11.6 Å². The molecule has 3 nitrogen and oxygen atoms in total. The molecule has 1 aromatic rings. The Bertz CT molecular complexity index is 465. The highest BCUT2D eigenvalue weighted by atomic mass is 19.2. The number of rotatable bonds is 7. The number of halogens is 2. The number of ether oxygens (including phenoxy) is 1. The zero-order valence-electron chi connectivity index (χ0n) is 13.0. The summed E-state index contributed by atoms with van der Waals surface area (Å²) in [4.78, 5) is 13.9. The van der Waals surface area contributed by atoms with Crippen molar-refractivity contribution in [1.29, 1.82) is 0 Å². The highest BCUT2D eigenvalue weighted by Crippen LogP contribution is 2.15. The van der Waals surface area contributed by atoms with Crippen LogP contribution in [0.3, 0.4) is 0 Å². The predicted octanol–water partition coefficient (Wildman–Crippen LogP) is 3.48. The van der Waals surface area contributed by atoms with Crippen LogP contribution >= 0.6 is 0 Å². The van der Waals surface area contributed by atoms with Crippen LogP contribution in [0.5, 0.6) is 5.75 Å². The summed E-state index contributed by atoms with van der Waals surface area (Å²) in [7, 11) is 0. The van der Waals surface area contributed by atoms with Gasteiger partial charge >= 0.3 is 0 Å². The summed E-state index contributed by atoms with van der Waals surface area (Å²) in [5.74, 6) is -1.21. The fourth-order valence-corrected chi connectivity index (χ4v) is 1.96. The molecule has 21 heavy (non-hydrogen) atoms. The molecule has 118 valence electrons. The average molecular weight is 299 g/mol. The number of carbonyl (C=O) groups is 1. The predicted molar refractivity (Wildman–Crippen MR) is 78.1 cm³/mol. The molecule has 1 aromatic carbocycles. The minimum Gasteiger partial charge on any atom is -0.484 e. The molecular formula is C16H23F2NO2. The third-order valence-electron chi connectivity index (χ3n) is 2.78. The Labute approximate surface area is 124 Å². The Morgan fingerprint density at radius 1 is 1.10 bits per heavy atom. The third-order valence-corrected chi connectivity index (χ3v) is 2.78. The molecule has 1 amide bonds. The van der Waals surface area contributed by atoms with E-state index in [1.54, 1.807) is 4.90 Å². The van der Waals surface area contributed by atoms with Crippen molar-refractivity contribution >= 4 is 5.91 Å². The molecule has 1 rings (SSSR count). The van der Waals surface area contributed by atoms with E-state index in [9.17, 15) is 13.6 Å². The highest BCUT2D eigenvalue weighted by Gasteiger charge is 2.17. The smallest absolute Gasteiger partial charge is 0.260 e. The molecule has 0 radical (unpaired) electrons. The lowest BCUT2D eigenvalue weighted by Crippen LogP contribution is -2.39. The van der Waals surface area contributed by atoms with Crippen molar-refractivity contribution in [1.82, 2.24) is 4.90 Å². The maximum absolute atomic E-state index is 13.1. The molecule has 0 aliphatic heterocycles. The lowest BCUT2D eigenvalue weighted by atomic mass is 10.1. The molecule has 0 saturated heterocycles. The number of amides is 1. The lowest BCUT2D eigenvalue weighted by molar-refractivity contribution is -0.134. The molecule has 0 N–H and O–H groups in total. The van der Waals surface area contributed by atoms with Crippen LogP contribution in [0.4, 0.5) is 8.78 Å². The molecule has 5 heteroatoms. The van der Waals surface area contributed by atoms with Crippen molar-refractivity contribution in [2.24, 2.45) is 11.8 Å². The summed E-state index contributed by atoms with van der Waals surface area (Å²) in [6.07, 6.45) is 0. The summed E-state index contributed by atoms with van der Waals surface area (Å²) in [5, 5.41) is 0. The second-order valence-corrected chi connectivity index (χ2v) is 5.95. The van der Waals surface area contributed by atoms with Gasteiger partial charge in [-0.1, -0.05) is 27.7 Å². The third kappa shape index (κ3) is 6.10. The van der Waals surface area contributed by atoms with Gasteiger partial charge in [0.15, 0.2) is 18.2 Å². The maximum atomic E-state index is 13.1. The van der Waals surface area contributed by atoms with E-state index in [1.165, 1.54) is 6.07 Å². The summed E-state index contributed by atoms with van der Waals surface area (Å²) in [6, 6.07) is 3.23. The number of carbonyl (C=O) groups excluding carboxylic acids is 1. The van der Waals surface area contributed by atoms with Crippen molar-refractivity contribution in [3.8, 4) is 5.75 Å². The molecule has 0 aliphatic rings. The first-order valence-corrected chi connectivity index (χ1v) is 7.15. The highest BCUT2D eigenvalue weighted by molar-refractivity contribution is 5.77. The quantitative estimate of drug-likeness (QED) is 0.771. The first-order valence-electron chi connectivity index (χ1n) is 7.15. The lowest BCUT2D eigenvalue weighted by Gasteiger charge is -2.26. The first-order chi connectivity index (χ1) is 9.79. The zero-order valence-corrected chi connectivity index (χ0v) is 13.0. The molecule has 0 spiro atoms. The van der Waals surface area contributed by atoms with Crippen LogP contribution in [0.15, 0.2) is 18.2 Å². The van der Waals surface area contributed by atoms with Gasteiger partial charge in [-0.3, -0.25) is 4.79 Å². The second kappa shape index (κ2) is 7.96. The molecule has 0 aromatic heterocycles. The van der Waals surface area contributed by atoms with Gasteiger partial charge in [0.2, 0.25) is 0 Å². The van der Waals surface area contributed by atoms with Crippen molar-refractivity contribution in [2.45, 2.75) is 27.7 Å². The fourth-order valence-electron chi connectivity index (χ4n) is 1.96. The number of hydrogen-bond acceptors (Lipinski definition) is 2. The topological polar surface area (TPSA) is 29.5 Å². The van der Waals surface area contributed by atoms with Crippen LogP contribution in [0.2, 0.25) is 0 Å². The van der Waals surface area contributed by atoms with E-state index in [2.05, 4.69) is 0 Å². The van der Waals surface area contributed by atoms with Crippen molar-refractivity contribution in [3.63, 3.8) is 0 Å². The van der Waals surface area contributed by atoms with Crippen LogP contribution in [0, 0.1) is 23.5 Å². The van der Waals surface area contributed by atoms with E-state index in [0.717, 1.165) is 12.1 Å². The van der Waals surface area contributed by atoms with Crippen LogP contribution in [0.1, 0.15) is 27.7 Å². The van der Waals surface area contributed by atoms with E-state index in [0.29, 0.717) is 24.9 Å². The Hall–Kier alpha value is -1.65. The van der Waals surface area contributed by atoms with E-state index >= 15 is 0 Å². The van der Waals surface area contributed by atoms with Crippen LogP contribution < -0.4 is 4.74 Å². The monoisotopic (exact) mass is 299 g/mol. The van der Waals surface area contributed by atoms with E-state index in [4.69, 9.17) is 4.74 Å². The summed E-state index contributed by atoms with van der Waals surface area (Å²) in [5.41, 5.74) is 0. The summed E-state index contributed by atoms with van der Waals surface area (Å²) >= 11 is 0. The van der Waals surface area contributed by atoms with Gasteiger partial charge in [0, 0.05) is 19.2 Å². The van der Waals surface area contributed by atoms with Crippen molar-refractivity contribution in [2.75, 3.05) is 19.7 Å². The zero-order chi connectivity index (χ0) is 16.0. The van der Waals surface area contributed by atoms with Gasteiger partial charge in [-0.05, 0) is 24.0 Å². The van der Waals surface area contributed by atoms with E-state index in [1.807, 2.05) is 27.7 Å². The molecule has 0 aliphatic carbocycles. The summed E-state index contributed by atoms with van der Waals surface area (Å²) in [6.45, 7) is 9.28. The number of benzene rings is 1. The SMILES string of the molecule is CC(C)CN(CC(C)C)C(=O)COc1ccc(F)c(F)c1. The second-order valence-electron chi connectivity index (χ2n) is 5.95. The Kier molecular flexibility index (Phi) is 6.59. The Morgan fingerprint density at radius 3 is 2.14 bits per heavy atom. The van der Waals surface area contributed by atoms with E-state index in [-0.39, 0.29) is 18.3 Å². The molecular weight excluding hydrogens is 276 g/mol. The largest absolute Gasteiger partial charge is 0.484 e. The van der Waals surface area contributed by atoms with Crippen molar-refractivity contribution in [3.05, 3.63) is 29.8 Å². The molecule has 0 heterocycles. The molecule has 0 fully saturated rings. The molecule has 0 unspecified atom stereocenters. The number of nitrogens with zero attached hydrogens (tertiary/aromatic N) is 1. The van der Waals surface area contributed by atoms with Gasteiger partial charge in [0.25, 0.3) is 5.91 Å². The van der Waals surface area contributed by atoms with Gasteiger partial charge in [-0.15, -0.1) is 0 Å². The molecule has 0 saturated carbocycles. The van der Waals surface area contributed by atoms with Crippen molar-refractivity contribution < 1.29 is 18.3 Å². The Morgan fingerprint density at radius 2 is 1.67 bits per heavy atom. The van der Waals surface area contributed by atoms with Gasteiger partial charge in [-0.2, -0.15) is 0 Å². The van der Waals surface area contributed by atoms with Gasteiger partial charge in [0.05, 0.1) is 0 Å². The summed E-state index contributed by atoms with van der Waals surface area (Å²) < 4.78 is 31.1. The minimum atomic E-state index is -0.985. The minimum absolute atomic E-state index is 0.149. The maximum Gasteiger partial charge on any atom is 0.260 e. The molecule has 0 atom stereocenters. The van der Waals surface area contributed by atoms with Gasteiger partial charge in [0.1, 0.15) is 5.75 Å². The van der Waals surface area contributed by atoms with Crippen LogP contribution in [-0.2, 0) is 4.79 Å². The average Bonchev–Trinajstić information content (AvgIpc) is 2.38.